The van der Waals surface area contributed by atoms with E-state index in [4.69, 9.17) is 5.48 Å². The molecule has 1 aromatic carbocycles. The van der Waals surface area contributed by atoms with E-state index in [1.807, 2.05) is 0 Å². The molecule has 1 rings (SSSR count). The zero-order chi connectivity index (χ0) is 9.46. The molecule has 0 aromatic heterocycles. The molecular formula is C6H4F2. The highest BCUT2D eigenvalue weighted by Crippen LogP contribution is 1.99. The molecule has 1 aromatic rings. The fourth-order valence-corrected chi connectivity index (χ4v) is 0.300. The molecule has 0 saturated heterocycles. The zero-order valence-electron chi connectivity index (χ0n) is 7.76. The first-order chi connectivity index (χ1) is 5.46. The summed E-state index contributed by atoms with van der Waals surface area (Å²) in [5.41, 5.74) is 0. The van der Waals surface area contributed by atoms with Crippen LogP contribution in [0.3, 0.4) is 0 Å². The van der Waals surface area contributed by atoms with Crippen LogP contribution >= 0.6 is 0 Å². The summed E-state index contributed by atoms with van der Waals surface area (Å²) < 4.78 is 52.6. The van der Waals surface area contributed by atoms with Gasteiger partial charge in [-0.2, -0.15) is 0 Å². The molecule has 0 fully saturated rings. The third kappa shape index (κ3) is 1.03. The fraction of sp³-hybridized carbons (Fsp3) is 0. The van der Waals surface area contributed by atoms with Crippen LogP contribution in [0.25, 0.3) is 0 Å². The largest absolute Gasteiger partial charge is 0.207 e. The summed E-state index contributed by atoms with van der Waals surface area (Å²) in [6.07, 6.45) is 0. The van der Waals surface area contributed by atoms with Crippen molar-refractivity contribution in [2.45, 2.75) is 0 Å². The van der Waals surface area contributed by atoms with Gasteiger partial charge in [0, 0.05) is 6.04 Å². The molecule has 0 spiro atoms. The lowest BCUT2D eigenvalue weighted by Crippen LogP contribution is -1.73. The van der Waals surface area contributed by atoms with Crippen LogP contribution in [0.2, 0.25) is 0 Å². The van der Waals surface area contributed by atoms with E-state index in [-0.39, 0.29) is 0 Å². The third-order valence-corrected chi connectivity index (χ3v) is 0.564. The first-order valence-electron chi connectivity index (χ1n) is 3.88. The van der Waals surface area contributed by atoms with Gasteiger partial charge < -0.3 is 0 Å². The van der Waals surface area contributed by atoms with Gasteiger partial charge in [0.2, 0.25) is 0 Å². The molecule has 0 bridgehead atoms. The predicted octanol–water partition coefficient (Wildman–Crippen LogP) is 1.96. The lowest BCUT2D eigenvalue weighted by molar-refractivity contribution is 0.583. The molecule has 0 aliphatic heterocycles. The number of benzene rings is 1. The SMILES string of the molecule is [2H]c1c([2H])c(F)c([2H])c(F)c1[2H]. The molecular weight excluding hydrogens is 110 g/mol. The van der Waals surface area contributed by atoms with E-state index in [1.54, 1.807) is 0 Å². The van der Waals surface area contributed by atoms with Crippen LogP contribution in [0.15, 0.2) is 24.2 Å². The van der Waals surface area contributed by atoms with Crippen molar-refractivity contribution < 1.29 is 14.3 Å². The molecule has 42 valence electrons. The van der Waals surface area contributed by atoms with Gasteiger partial charge in [0.05, 0.1) is 5.48 Å². The molecule has 0 nitrogen and oxygen atoms in total. The summed E-state index contributed by atoms with van der Waals surface area (Å²) in [6, 6.07) is -3.78. The standard InChI is InChI=1S/C6H4F2/c7-5-2-1-3-6(8)4-5/h1-4H/i1D,2D,3D,4D. The van der Waals surface area contributed by atoms with Crippen molar-refractivity contribution in [3.63, 3.8) is 0 Å². The van der Waals surface area contributed by atoms with Crippen LogP contribution < -0.4 is 0 Å². The Kier molecular flexibility index (Phi) is 0.507. The van der Waals surface area contributed by atoms with Gasteiger partial charge in [-0.15, -0.1) is 0 Å². The van der Waals surface area contributed by atoms with Gasteiger partial charge >= 0.3 is 0 Å². The molecule has 0 N–H and O–H groups in total. The summed E-state index contributed by atoms with van der Waals surface area (Å²) >= 11 is 0. The van der Waals surface area contributed by atoms with Crippen molar-refractivity contribution in [1.82, 2.24) is 0 Å². The van der Waals surface area contributed by atoms with Crippen LogP contribution in [0.1, 0.15) is 5.48 Å². The first kappa shape index (κ1) is 2.13. The van der Waals surface area contributed by atoms with E-state index >= 15 is 0 Å². The predicted molar refractivity (Wildman–Crippen MR) is 26.4 cm³/mol. The third-order valence-electron chi connectivity index (χ3n) is 0.564. The van der Waals surface area contributed by atoms with Gasteiger partial charge in [0.15, 0.2) is 0 Å². The maximum absolute atomic E-state index is 12.6. The zero-order valence-corrected chi connectivity index (χ0v) is 3.76. The van der Waals surface area contributed by atoms with Gasteiger partial charge in [-0.05, 0) is 12.1 Å². The molecule has 0 heterocycles. The maximum atomic E-state index is 12.6. The summed E-state index contributed by atoms with van der Waals surface area (Å²) in [4.78, 5) is 0. The second-order valence-electron chi connectivity index (χ2n) is 1.13. The summed E-state index contributed by atoms with van der Waals surface area (Å²) in [7, 11) is 0. The van der Waals surface area contributed by atoms with Crippen molar-refractivity contribution in [2.24, 2.45) is 0 Å². The average molecular weight is 118 g/mol. The van der Waals surface area contributed by atoms with Crippen molar-refractivity contribution in [2.75, 3.05) is 0 Å². The fourth-order valence-electron chi connectivity index (χ4n) is 0.300. The quantitative estimate of drug-likeness (QED) is 0.488. The molecule has 2 heteroatoms. The minimum atomic E-state index is -1.39. The van der Waals surface area contributed by atoms with E-state index in [0.717, 1.165) is 0 Å². The Morgan fingerprint density at radius 2 is 1.75 bits per heavy atom. The average Bonchev–Trinajstić information content (AvgIpc) is 2.08. The molecule has 0 aliphatic rings. The van der Waals surface area contributed by atoms with E-state index in [0.29, 0.717) is 0 Å². The number of halogens is 2. The van der Waals surface area contributed by atoms with Crippen LogP contribution in [-0.4, -0.2) is 0 Å². The molecule has 0 radical (unpaired) electrons. The minimum absolute atomic E-state index is 0.832. The summed E-state index contributed by atoms with van der Waals surface area (Å²) in [5.74, 6) is -2.79. The number of rotatable bonds is 0. The normalized spacial score (nSPS) is 16.2. The molecule has 0 unspecified atom stereocenters. The van der Waals surface area contributed by atoms with Gasteiger partial charge in [-0.3, -0.25) is 0 Å². The second-order valence-corrected chi connectivity index (χ2v) is 1.13. The minimum Gasteiger partial charge on any atom is -0.207 e. The first-order valence-corrected chi connectivity index (χ1v) is 1.88. The van der Waals surface area contributed by atoms with Crippen molar-refractivity contribution in [3.05, 3.63) is 35.8 Å². The highest BCUT2D eigenvalue weighted by Gasteiger charge is 1.88. The van der Waals surface area contributed by atoms with Gasteiger partial charge in [0.1, 0.15) is 11.6 Å². The second kappa shape index (κ2) is 1.90. The maximum Gasteiger partial charge on any atom is 0.126 e. The molecule has 0 atom stereocenters. The summed E-state index contributed by atoms with van der Waals surface area (Å²) in [5, 5.41) is 0. The van der Waals surface area contributed by atoms with Gasteiger partial charge in [-0.1, -0.05) is 6.04 Å². The van der Waals surface area contributed by atoms with Gasteiger partial charge in [-0.25, -0.2) is 8.78 Å². The lowest BCUT2D eigenvalue weighted by atomic mass is 10.3. The van der Waals surface area contributed by atoms with Crippen LogP contribution in [0.4, 0.5) is 8.78 Å². The van der Waals surface area contributed by atoms with E-state index in [1.165, 1.54) is 0 Å². The Hall–Kier alpha value is -0.920. The van der Waals surface area contributed by atoms with Crippen molar-refractivity contribution in [3.8, 4) is 0 Å². The molecule has 0 aliphatic carbocycles. The Balaban J connectivity index is 3.60. The van der Waals surface area contributed by atoms with Crippen molar-refractivity contribution in [1.29, 1.82) is 0 Å². The number of hydrogen-bond acceptors (Lipinski definition) is 0. The van der Waals surface area contributed by atoms with Gasteiger partial charge in [0.25, 0.3) is 0 Å². The van der Waals surface area contributed by atoms with E-state index in [2.05, 4.69) is 0 Å². The van der Waals surface area contributed by atoms with Crippen molar-refractivity contribution >= 4 is 0 Å². The topological polar surface area (TPSA) is 0 Å². The Morgan fingerprint density at radius 1 is 1.25 bits per heavy atom. The number of hydrogen-bond donors (Lipinski definition) is 0. The van der Waals surface area contributed by atoms with E-state index in [9.17, 15) is 8.78 Å². The Bertz CT molecular complexity index is 232. The highest BCUT2D eigenvalue weighted by molar-refractivity contribution is 5.04. The highest BCUT2D eigenvalue weighted by atomic mass is 19.1. The molecule has 0 saturated carbocycles. The molecule has 8 heavy (non-hydrogen) atoms. The summed E-state index contributed by atoms with van der Waals surface area (Å²) in [6.45, 7) is 0. The van der Waals surface area contributed by atoms with Crippen LogP contribution in [0, 0.1) is 11.6 Å². The lowest BCUT2D eigenvalue weighted by Gasteiger charge is -1.84. The Morgan fingerprint density at radius 3 is 2.25 bits per heavy atom. The molecule has 0 amide bonds. The monoisotopic (exact) mass is 118 g/mol. The van der Waals surface area contributed by atoms with Crippen LogP contribution in [0.5, 0.6) is 0 Å². The smallest absolute Gasteiger partial charge is 0.126 e. The van der Waals surface area contributed by atoms with Crippen LogP contribution in [-0.2, 0) is 0 Å². The van der Waals surface area contributed by atoms with E-state index < -0.39 is 35.8 Å². The Labute approximate surface area is 51.4 Å².